The number of rotatable bonds is 7. The van der Waals surface area contributed by atoms with Gasteiger partial charge in [-0.05, 0) is 18.6 Å². The molecule has 0 aliphatic heterocycles. The molecule has 0 radical (unpaired) electrons. The Morgan fingerprint density at radius 3 is 3.17 bits per heavy atom. The van der Waals surface area contributed by atoms with Crippen molar-refractivity contribution in [2.45, 2.75) is 19.5 Å². The van der Waals surface area contributed by atoms with E-state index in [1.54, 1.807) is 31.6 Å². The van der Waals surface area contributed by atoms with Gasteiger partial charge in [0.15, 0.2) is 11.5 Å². The van der Waals surface area contributed by atoms with Crippen LogP contribution in [0.1, 0.15) is 22.7 Å². The summed E-state index contributed by atoms with van der Waals surface area (Å²) in [7, 11) is 1.66. The van der Waals surface area contributed by atoms with Crippen molar-refractivity contribution in [3.8, 4) is 0 Å². The SMILES string of the molecule is COCCCn1cnnc1CNC(=O)c1cccc2ncnn12. The third kappa shape index (κ3) is 3.34. The quantitative estimate of drug-likeness (QED) is 0.629. The van der Waals surface area contributed by atoms with Crippen LogP contribution in [0.4, 0.5) is 0 Å². The number of fused-ring (bicyclic) bond motifs is 1. The highest BCUT2D eigenvalue weighted by molar-refractivity contribution is 5.92. The van der Waals surface area contributed by atoms with E-state index in [-0.39, 0.29) is 12.5 Å². The smallest absolute Gasteiger partial charge is 0.270 e. The van der Waals surface area contributed by atoms with Crippen LogP contribution in [-0.4, -0.2) is 49.0 Å². The van der Waals surface area contributed by atoms with E-state index >= 15 is 0 Å². The van der Waals surface area contributed by atoms with Crippen LogP contribution in [0, 0.1) is 0 Å². The lowest BCUT2D eigenvalue weighted by Gasteiger charge is -2.08. The summed E-state index contributed by atoms with van der Waals surface area (Å²) in [4.78, 5) is 16.4. The number of hydrogen-bond donors (Lipinski definition) is 1. The number of pyridine rings is 1. The van der Waals surface area contributed by atoms with Crippen molar-refractivity contribution in [3.63, 3.8) is 0 Å². The molecule has 0 saturated heterocycles. The minimum atomic E-state index is -0.243. The zero-order valence-corrected chi connectivity index (χ0v) is 12.7. The number of carbonyl (C=O) groups excluding carboxylic acids is 1. The van der Waals surface area contributed by atoms with Crippen LogP contribution in [0.5, 0.6) is 0 Å². The van der Waals surface area contributed by atoms with Crippen LogP contribution in [0.2, 0.25) is 0 Å². The molecule has 1 amide bonds. The van der Waals surface area contributed by atoms with Gasteiger partial charge in [-0.25, -0.2) is 9.50 Å². The van der Waals surface area contributed by atoms with Gasteiger partial charge in [-0.3, -0.25) is 4.79 Å². The molecule has 3 heterocycles. The molecule has 0 saturated carbocycles. The Kier molecular flexibility index (Phi) is 4.57. The van der Waals surface area contributed by atoms with Gasteiger partial charge in [0.25, 0.3) is 5.91 Å². The molecule has 0 unspecified atom stereocenters. The number of aromatic nitrogens is 6. The van der Waals surface area contributed by atoms with Crippen molar-refractivity contribution in [2.24, 2.45) is 0 Å². The van der Waals surface area contributed by atoms with Crippen LogP contribution in [0.15, 0.2) is 30.9 Å². The maximum absolute atomic E-state index is 12.3. The Bertz CT molecular complexity index is 795. The first-order valence-corrected chi connectivity index (χ1v) is 7.22. The van der Waals surface area contributed by atoms with E-state index in [4.69, 9.17) is 4.74 Å². The minimum Gasteiger partial charge on any atom is -0.385 e. The van der Waals surface area contributed by atoms with E-state index in [1.807, 2.05) is 4.57 Å². The Balaban J connectivity index is 1.65. The number of nitrogens with zero attached hydrogens (tertiary/aromatic N) is 6. The fraction of sp³-hybridized carbons (Fsp3) is 0.357. The lowest BCUT2D eigenvalue weighted by molar-refractivity contribution is 0.0942. The summed E-state index contributed by atoms with van der Waals surface area (Å²) in [5, 5.41) is 14.8. The van der Waals surface area contributed by atoms with Gasteiger partial charge in [0, 0.05) is 20.3 Å². The fourth-order valence-electron chi connectivity index (χ4n) is 2.25. The molecule has 3 rings (SSSR count). The summed E-state index contributed by atoms with van der Waals surface area (Å²) in [5.41, 5.74) is 1.05. The number of nitrogens with one attached hydrogen (secondary N) is 1. The first-order valence-electron chi connectivity index (χ1n) is 7.22. The first-order chi connectivity index (χ1) is 11.3. The second kappa shape index (κ2) is 6.97. The predicted octanol–water partition coefficient (Wildman–Crippen LogP) is 0.287. The zero-order valence-electron chi connectivity index (χ0n) is 12.7. The Morgan fingerprint density at radius 2 is 2.30 bits per heavy atom. The van der Waals surface area contributed by atoms with Crippen molar-refractivity contribution in [1.29, 1.82) is 0 Å². The highest BCUT2D eigenvalue weighted by Gasteiger charge is 2.12. The van der Waals surface area contributed by atoms with Crippen molar-refractivity contribution in [2.75, 3.05) is 13.7 Å². The normalized spacial score (nSPS) is 11.0. The van der Waals surface area contributed by atoms with Crippen molar-refractivity contribution >= 4 is 11.6 Å². The van der Waals surface area contributed by atoms with E-state index in [1.165, 1.54) is 10.8 Å². The number of aryl methyl sites for hydroxylation is 1. The summed E-state index contributed by atoms with van der Waals surface area (Å²) >= 11 is 0. The molecule has 9 heteroatoms. The van der Waals surface area contributed by atoms with Gasteiger partial charge in [-0.1, -0.05) is 6.07 Å². The fourth-order valence-corrected chi connectivity index (χ4v) is 2.25. The summed E-state index contributed by atoms with van der Waals surface area (Å²) in [6.07, 6.45) is 3.92. The number of ether oxygens (including phenoxy) is 1. The predicted molar refractivity (Wildman–Crippen MR) is 80.7 cm³/mol. The first kappa shape index (κ1) is 15.1. The molecule has 3 aromatic rings. The van der Waals surface area contributed by atoms with Crippen LogP contribution in [0.25, 0.3) is 5.65 Å². The number of methoxy groups -OCH3 is 1. The maximum Gasteiger partial charge on any atom is 0.270 e. The third-order valence-electron chi connectivity index (χ3n) is 3.38. The molecule has 0 spiro atoms. The molecule has 0 fully saturated rings. The van der Waals surface area contributed by atoms with Crippen LogP contribution < -0.4 is 5.32 Å². The molecule has 9 nitrogen and oxygen atoms in total. The minimum absolute atomic E-state index is 0.243. The second-order valence-electron chi connectivity index (χ2n) is 4.91. The molecule has 23 heavy (non-hydrogen) atoms. The topological polar surface area (TPSA) is 99.2 Å². The Hall–Kier alpha value is -2.81. The molecule has 120 valence electrons. The number of hydrogen-bond acceptors (Lipinski definition) is 6. The summed E-state index contributed by atoms with van der Waals surface area (Å²) in [6.45, 7) is 1.69. The molecule has 1 N–H and O–H groups in total. The molecule has 3 aromatic heterocycles. The van der Waals surface area contributed by atoms with Crippen LogP contribution in [-0.2, 0) is 17.8 Å². The standard InChI is InChI=1S/C14H17N7O2/c1-23-7-3-6-20-10-17-19-13(20)8-15-14(22)11-4-2-5-12-16-9-18-21(11)12/h2,4-5,9-10H,3,6-8H2,1H3,(H,15,22). The van der Waals surface area contributed by atoms with E-state index in [0.29, 0.717) is 23.8 Å². The van der Waals surface area contributed by atoms with E-state index in [2.05, 4.69) is 25.6 Å². The van der Waals surface area contributed by atoms with Gasteiger partial charge >= 0.3 is 0 Å². The Labute approximate surface area is 132 Å². The molecular formula is C14H17N7O2. The van der Waals surface area contributed by atoms with Gasteiger partial charge in [0.1, 0.15) is 18.3 Å². The second-order valence-corrected chi connectivity index (χ2v) is 4.91. The molecule has 0 aliphatic carbocycles. The molecule has 0 bridgehead atoms. The van der Waals surface area contributed by atoms with Gasteiger partial charge in [-0.2, -0.15) is 5.10 Å². The van der Waals surface area contributed by atoms with Gasteiger partial charge in [0.05, 0.1) is 6.54 Å². The Morgan fingerprint density at radius 1 is 1.39 bits per heavy atom. The summed E-state index contributed by atoms with van der Waals surface area (Å²) < 4.78 is 8.43. The van der Waals surface area contributed by atoms with Crippen molar-refractivity contribution < 1.29 is 9.53 Å². The number of amides is 1. The monoisotopic (exact) mass is 315 g/mol. The highest BCUT2D eigenvalue weighted by atomic mass is 16.5. The van der Waals surface area contributed by atoms with Crippen molar-refractivity contribution in [3.05, 3.63) is 42.4 Å². The summed E-state index contributed by atoms with van der Waals surface area (Å²) in [5.74, 6) is 0.452. The molecular weight excluding hydrogens is 298 g/mol. The lowest BCUT2D eigenvalue weighted by Crippen LogP contribution is -2.26. The van der Waals surface area contributed by atoms with Crippen molar-refractivity contribution in [1.82, 2.24) is 34.7 Å². The van der Waals surface area contributed by atoms with Crippen LogP contribution >= 0.6 is 0 Å². The van der Waals surface area contributed by atoms with Crippen LogP contribution in [0.3, 0.4) is 0 Å². The average Bonchev–Trinajstić information content (AvgIpc) is 3.21. The molecule has 0 aromatic carbocycles. The average molecular weight is 315 g/mol. The van der Waals surface area contributed by atoms with E-state index in [0.717, 1.165) is 13.0 Å². The molecule has 0 atom stereocenters. The van der Waals surface area contributed by atoms with Gasteiger partial charge < -0.3 is 14.6 Å². The van der Waals surface area contributed by atoms with Gasteiger partial charge in [-0.15, -0.1) is 10.2 Å². The largest absolute Gasteiger partial charge is 0.385 e. The lowest BCUT2D eigenvalue weighted by atomic mass is 10.3. The highest BCUT2D eigenvalue weighted by Crippen LogP contribution is 2.04. The van der Waals surface area contributed by atoms with E-state index < -0.39 is 0 Å². The van der Waals surface area contributed by atoms with Gasteiger partial charge in [0.2, 0.25) is 0 Å². The molecule has 0 aliphatic rings. The van der Waals surface area contributed by atoms with E-state index in [9.17, 15) is 4.79 Å². The number of carbonyl (C=O) groups is 1. The zero-order chi connectivity index (χ0) is 16.1. The maximum atomic E-state index is 12.3. The summed E-state index contributed by atoms with van der Waals surface area (Å²) in [6, 6.07) is 5.25. The third-order valence-corrected chi connectivity index (χ3v) is 3.38.